The topological polar surface area (TPSA) is 26.4 Å². The van der Waals surface area contributed by atoms with Crippen LogP contribution in [0.4, 0.5) is 0 Å². The van der Waals surface area contributed by atoms with Crippen molar-refractivity contribution in [2.24, 2.45) is 0 Å². The molecule has 0 aromatic heterocycles. The summed E-state index contributed by atoms with van der Waals surface area (Å²) in [6.45, 7) is 8.41. The minimum atomic E-state index is -0.207. The fraction of sp³-hybridized carbons (Fsp3) is 0.438. The Morgan fingerprint density at radius 3 is 2.52 bits per heavy atom. The Kier molecular flexibility index (Phi) is 7.00. The largest absolute Gasteiger partial charge is 0.488 e. The summed E-state index contributed by atoms with van der Waals surface area (Å²) in [5.41, 5.74) is 2.21. The van der Waals surface area contributed by atoms with Gasteiger partial charge in [0.2, 0.25) is 0 Å². The van der Waals surface area contributed by atoms with Gasteiger partial charge in [0.15, 0.2) is 13.7 Å². The second-order valence-electron chi connectivity index (χ2n) is 5.62. The zero-order valence-corrected chi connectivity index (χ0v) is 15.1. The maximum atomic E-state index is 6.07. The van der Waals surface area contributed by atoms with Crippen molar-refractivity contribution < 1.29 is 9.84 Å². The Morgan fingerprint density at radius 1 is 1.38 bits per heavy atom. The third kappa shape index (κ3) is 6.83. The number of nitrogens with zero attached hydrogens (tertiary/aromatic N) is 1. The fourth-order valence-electron chi connectivity index (χ4n) is 1.95. The van der Waals surface area contributed by atoms with E-state index in [1.54, 1.807) is 0 Å². The molecule has 0 amide bonds. The van der Waals surface area contributed by atoms with Gasteiger partial charge in [-0.05, 0) is 63.8 Å². The Bertz CT molecular complexity index is 524. The molecule has 0 saturated heterocycles. The lowest BCUT2D eigenvalue weighted by Crippen LogP contribution is -2.76. The van der Waals surface area contributed by atoms with Crippen molar-refractivity contribution in [2.45, 2.75) is 39.7 Å². The number of allylic oxidation sites excluding steroid dienone is 1. The number of hydrazone groups is 1. The lowest BCUT2D eigenvalue weighted by atomic mass is 9.99. The number of hydrogen-bond donors (Lipinski definition) is 1. The monoisotopic (exact) mass is 323 g/mol. The van der Waals surface area contributed by atoms with Gasteiger partial charge in [-0.25, -0.2) is 0 Å². The lowest BCUT2D eigenvalue weighted by molar-refractivity contribution is -0.593. The summed E-state index contributed by atoms with van der Waals surface area (Å²) in [5, 5.41) is 3.09. The van der Waals surface area contributed by atoms with E-state index < -0.39 is 0 Å². The molecule has 1 aromatic carbocycles. The minimum absolute atomic E-state index is 0.207. The molecule has 0 radical (unpaired) electrons. The van der Waals surface area contributed by atoms with Crippen LogP contribution in [0.1, 0.15) is 39.7 Å². The molecule has 1 aromatic rings. The SMILES string of the molecule is CC=C(C)CC(C)(C)Oc1ccc(C=[NH+]N(C)P=S)cc1. The van der Waals surface area contributed by atoms with E-state index >= 15 is 0 Å². The van der Waals surface area contributed by atoms with Crippen molar-refractivity contribution in [3.8, 4) is 5.75 Å². The summed E-state index contributed by atoms with van der Waals surface area (Å²) in [5.74, 6) is 0.885. The van der Waals surface area contributed by atoms with Gasteiger partial charge in [-0.1, -0.05) is 11.6 Å². The molecule has 0 fully saturated rings. The van der Waals surface area contributed by atoms with Gasteiger partial charge in [-0.15, -0.1) is 9.88 Å². The highest BCUT2D eigenvalue weighted by Crippen LogP contribution is 2.24. The maximum absolute atomic E-state index is 6.07. The second-order valence-corrected chi connectivity index (χ2v) is 6.87. The molecular weight excluding hydrogens is 299 g/mol. The summed E-state index contributed by atoms with van der Waals surface area (Å²) in [4.78, 5) is 0. The van der Waals surface area contributed by atoms with Crippen LogP contribution in [0.25, 0.3) is 0 Å². The first-order valence-electron chi connectivity index (χ1n) is 6.93. The van der Waals surface area contributed by atoms with Crippen LogP contribution in [0.2, 0.25) is 0 Å². The highest BCUT2D eigenvalue weighted by atomic mass is 32.4. The van der Waals surface area contributed by atoms with Crippen LogP contribution in [0, 0.1) is 0 Å². The Hall–Kier alpha value is -1.25. The van der Waals surface area contributed by atoms with Crippen LogP contribution in [0.3, 0.4) is 0 Å². The van der Waals surface area contributed by atoms with E-state index in [1.807, 2.05) is 42.3 Å². The second kappa shape index (κ2) is 8.26. The van der Waals surface area contributed by atoms with E-state index in [9.17, 15) is 0 Å². The number of hydrazine groups is 1. The molecule has 0 heterocycles. The van der Waals surface area contributed by atoms with Gasteiger partial charge in [0, 0.05) is 12.0 Å². The molecule has 0 unspecified atom stereocenters. The number of ether oxygens (including phenoxy) is 1. The third-order valence-corrected chi connectivity index (χ3v) is 4.11. The number of benzene rings is 1. The first kappa shape index (κ1) is 17.8. The van der Waals surface area contributed by atoms with Gasteiger partial charge in [0.25, 0.3) is 0 Å². The van der Waals surface area contributed by atoms with E-state index in [1.165, 1.54) is 5.57 Å². The van der Waals surface area contributed by atoms with Gasteiger partial charge < -0.3 is 4.74 Å². The fourth-order valence-corrected chi connectivity index (χ4v) is 2.20. The molecule has 0 aliphatic rings. The smallest absolute Gasteiger partial charge is 0.198 e. The van der Waals surface area contributed by atoms with Gasteiger partial charge in [0.1, 0.15) is 11.4 Å². The molecule has 1 N–H and O–H groups in total. The molecular formula is C16H24N2OPS+. The van der Waals surface area contributed by atoms with Crippen LogP contribution in [-0.4, -0.2) is 23.6 Å². The molecule has 0 aliphatic heterocycles. The van der Waals surface area contributed by atoms with Crippen molar-refractivity contribution >= 4 is 25.5 Å². The van der Waals surface area contributed by atoms with Gasteiger partial charge in [0.05, 0.1) is 7.05 Å². The third-order valence-electron chi connectivity index (χ3n) is 3.01. The molecule has 3 nitrogen and oxygen atoms in total. The van der Waals surface area contributed by atoms with E-state index in [4.69, 9.17) is 16.5 Å². The van der Waals surface area contributed by atoms with E-state index in [0.717, 1.165) is 25.2 Å². The maximum Gasteiger partial charge on any atom is 0.198 e. The first-order chi connectivity index (χ1) is 9.86. The number of rotatable bonds is 7. The Morgan fingerprint density at radius 2 is 2.00 bits per heavy atom. The molecule has 0 saturated carbocycles. The molecule has 21 heavy (non-hydrogen) atoms. The molecule has 114 valence electrons. The molecule has 0 aliphatic carbocycles. The first-order valence-corrected chi connectivity index (χ1v) is 8.79. The van der Waals surface area contributed by atoms with Crippen LogP contribution in [0.15, 0.2) is 35.9 Å². The molecule has 1 rings (SSSR count). The minimum Gasteiger partial charge on any atom is -0.488 e. The zero-order chi connectivity index (χ0) is 15.9. The summed E-state index contributed by atoms with van der Waals surface area (Å²) in [7, 11) is 2.66. The van der Waals surface area contributed by atoms with Crippen molar-refractivity contribution in [1.29, 1.82) is 0 Å². The highest BCUT2D eigenvalue weighted by molar-refractivity contribution is 7.95. The summed E-state index contributed by atoms with van der Waals surface area (Å²) < 4.78 is 7.88. The van der Waals surface area contributed by atoms with Crippen LogP contribution >= 0.6 is 7.51 Å². The standard InChI is InChI=1S/C16H23N2OPS/c1-6-13(2)11-16(3,4)19-15-9-7-14(8-10-15)12-17-18(5)20-21/h6-10,12H,11H2,1-5H3/p+1. The average Bonchev–Trinajstić information content (AvgIpc) is 2.45. The predicted octanol–water partition coefficient (Wildman–Crippen LogP) is 2.87. The Balaban J connectivity index is 2.70. The lowest BCUT2D eigenvalue weighted by Gasteiger charge is -2.27. The van der Waals surface area contributed by atoms with Crippen molar-refractivity contribution in [3.05, 3.63) is 41.5 Å². The summed E-state index contributed by atoms with van der Waals surface area (Å²) in [6.07, 6.45) is 4.96. The van der Waals surface area contributed by atoms with E-state index in [-0.39, 0.29) is 5.60 Å². The van der Waals surface area contributed by atoms with E-state index in [0.29, 0.717) is 0 Å². The van der Waals surface area contributed by atoms with Crippen LogP contribution < -0.4 is 9.84 Å². The van der Waals surface area contributed by atoms with Gasteiger partial charge >= 0.3 is 0 Å². The number of hydrogen-bond acceptors (Lipinski definition) is 2. The average molecular weight is 323 g/mol. The predicted molar refractivity (Wildman–Crippen MR) is 93.4 cm³/mol. The van der Waals surface area contributed by atoms with Crippen molar-refractivity contribution in [2.75, 3.05) is 7.05 Å². The molecule has 0 atom stereocenters. The number of nitrogens with one attached hydrogen (secondary N) is 1. The quantitative estimate of drug-likeness (QED) is 0.362. The molecule has 5 heteroatoms. The van der Waals surface area contributed by atoms with Crippen LogP contribution in [-0.2, 0) is 11.8 Å². The summed E-state index contributed by atoms with van der Waals surface area (Å²) in [6, 6.07) is 8.03. The summed E-state index contributed by atoms with van der Waals surface area (Å²) >= 11 is 4.91. The Labute approximate surface area is 134 Å². The normalized spacial score (nSPS) is 12.9. The van der Waals surface area contributed by atoms with E-state index in [2.05, 4.69) is 38.9 Å². The van der Waals surface area contributed by atoms with Crippen LogP contribution in [0.5, 0.6) is 5.75 Å². The van der Waals surface area contributed by atoms with Gasteiger partial charge in [-0.3, -0.25) is 0 Å². The van der Waals surface area contributed by atoms with Gasteiger partial charge in [-0.2, -0.15) is 0 Å². The van der Waals surface area contributed by atoms with Crippen molar-refractivity contribution in [1.82, 2.24) is 4.78 Å². The zero-order valence-electron chi connectivity index (χ0n) is 13.4. The molecule has 0 bridgehead atoms. The van der Waals surface area contributed by atoms with Crippen molar-refractivity contribution in [3.63, 3.8) is 0 Å². The molecule has 0 spiro atoms. The highest BCUT2D eigenvalue weighted by Gasteiger charge is 2.20.